The van der Waals surface area contributed by atoms with Crippen LogP contribution in [0.25, 0.3) is 11.0 Å². The molecule has 1 aliphatic rings. The van der Waals surface area contributed by atoms with E-state index >= 15 is 0 Å². The van der Waals surface area contributed by atoms with Gasteiger partial charge in [-0.05, 0) is 18.6 Å². The third kappa shape index (κ3) is 2.00. The van der Waals surface area contributed by atoms with Crippen molar-refractivity contribution in [1.82, 2.24) is 14.5 Å². The summed E-state index contributed by atoms with van der Waals surface area (Å²) in [5, 5.41) is 0. The Balaban J connectivity index is 2.15. The van der Waals surface area contributed by atoms with E-state index in [4.69, 9.17) is 11.6 Å². The first-order valence-corrected chi connectivity index (χ1v) is 7.02. The second kappa shape index (κ2) is 4.85. The minimum absolute atomic E-state index is 0.129. The predicted octanol–water partition coefficient (Wildman–Crippen LogP) is 2.22. The molecule has 0 N–H and O–H groups in total. The standard InChI is InChI=1S/C14H16ClN3O/c1-17-9-7-12(14(17)19)18-11-5-3-2-4-10(11)16-13(18)6-8-15/h2-5,12H,6-9H2,1H3. The average Bonchev–Trinajstić information content (AvgIpc) is 2.92. The van der Waals surface area contributed by atoms with Gasteiger partial charge in [0, 0.05) is 25.9 Å². The Bertz CT molecular complexity index is 622. The first kappa shape index (κ1) is 12.5. The summed E-state index contributed by atoms with van der Waals surface area (Å²) in [6, 6.07) is 7.81. The quantitative estimate of drug-likeness (QED) is 0.807. The molecule has 0 radical (unpaired) electrons. The fourth-order valence-corrected chi connectivity index (χ4v) is 2.92. The number of aryl methyl sites for hydroxylation is 1. The number of carbonyl (C=O) groups is 1. The first-order chi connectivity index (χ1) is 9.22. The Kier molecular flexibility index (Phi) is 3.19. The van der Waals surface area contributed by atoms with Crippen LogP contribution in [0.3, 0.4) is 0 Å². The van der Waals surface area contributed by atoms with Crippen molar-refractivity contribution >= 4 is 28.5 Å². The summed E-state index contributed by atoms with van der Waals surface area (Å²) in [6.45, 7) is 0.802. The molecule has 1 fully saturated rings. The molecule has 100 valence electrons. The molecule has 0 aliphatic carbocycles. The number of likely N-dealkylation sites (N-methyl/N-ethyl adjacent to an activating group) is 1. The van der Waals surface area contributed by atoms with Crippen LogP contribution in [-0.2, 0) is 11.2 Å². The Morgan fingerprint density at radius 2 is 2.21 bits per heavy atom. The highest BCUT2D eigenvalue weighted by molar-refractivity contribution is 6.17. The third-order valence-corrected chi connectivity index (χ3v) is 3.89. The molecule has 1 amide bonds. The van der Waals surface area contributed by atoms with Crippen LogP contribution < -0.4 is 0 Å². The van der Waals surface area contributed by atoms with Crippen molar-refractivity contribution < 1.29 is 4.79 Å². The van der Waals surface area contributed by atoms with Gasteiger partial charge in [-0.15, -0.1) is 11.6 Å². The number of fused-ring (bicyclic) bond motifs is 1. The number of rotatable bonds is 3. The fourth-order valence-electron chi connectivity index (χ4n) is 2.75. The Morgan fingerprint density at radius 3 is 2.89 bits per heavy atom. The van der Waals surface area contributed by atoms with E-state index in [0.29, 0.717) is 12.3 Å². The first-order valence-electron chi connectivity index (χ1n) is 6.49. The minimum Gasteiger partial charge on any atom is -0.344 e. The van der Waals surface area contributed by atoms with E-state index < -0.39 is 0 Å². The number of nitrogens with zero attached hydrogens (tertiary/aromatic N) is 3. The number of aromatic nitrogens is 2. The molecule has 1 unspecified atom stereocenters. The summed E-state index contributed by atoms with van der Waals surface area (Å²) >= 11 is 5.86. The summed E-state index contributed by atoms with van der Waals surface area (Å²) in [6.07, 6.45) is 1.52. The van der Waals surface area contributed by atoms with Gasteiger partial charge in [0.1, 0.15) is 11.9 Å². The molecule has 1 aliphatic heterocycles. The van der Waals surface area contributed by atoms with Gasteiger partial charge in [-0.25, -0.2) is 4.98 Å². The SMILES string of the molecule is CN1CCC(n2c(CCCl)nc3ccccc32)C1=O. The molecule has 0 bridgehead atoms. The summed E-state index contributed by atoms with van der Waals surface area (Å²) in [5.74, 6) is 1.59. The van der Waals surface area contributed by atoms with Crippen LogP contribution in [0, 0.1) is 0 Å². The van der Waals surface area contributed by atoms with Gasteiger partial charge in [-0.3, -0.25) is 4.79 Å². The van der Waals surface area contributed by atoms with Crippen molar-refractivity contribution in [3.05, 3.63) is 30.1 Å². The third-order valence-electron chi connectivity index (χ3n) is 3.70. The number of carbonyl (C=O) groups excluding carboxylic acids is 1. The van der Waals surface area contributed by atoms with Crippen molar-refractivity contribution in [2.45, 2.75) is 18.9 Å². The van der Waals surface area contributed by atoms with E-state index in [9.17, 15) is 4.79 Å². The van der Waals surface area contributed by atoms with E-state index in [1.807, 2.05) is 31.3 Å². The van der Waals surface area contributed by atoms with Gasteiger partial charge in [0.2, 0.25) is 5.91 Å². The molecule has 4 nitrogen and oxygen atoms in total. The summed E-state index contributed by atoms with van der Waals surface area (Å²) in [5.41, 5.74) is 1.96. The van der Waals surface area contributed by atoms with Gasteiger partial charge in [-0.1, -0.05) is 12.1 Å². The maximum absolute atomic E-state index is 12.2. The lowest BCUT2D eigenvalue weighted by Gasteiger charge is -2.15. The Labute approximate surface area is 117 Å². The normalized spacial score (nSPS) is 19.6. The lowest BCUT2D eigenvalue weighted by Crippen LogP contribution is -2.25. The topological polar surface area (TPSA) is 38.1 Å². The number of likely N-dealkylation sites (tertiary alicyclic amines) is 1. The van der Waals surface area contributed by atoms with Crippen LogP contribution >= 0.6 is 11.6 Å². The number of halogens is 1. The van der Waals surface area contributed by atoms with Crippen LogP contribution in [0.15, 0.2) is 24.3 Å². The van der Waals surface area contributed by atoms with Gasteiger partial charge in [-0.2, -0.15) is 0 Å². The van der Waals surface area contributed by atoms with E-state index in [0.717, 1.165) is 29.8 Å². The summed E-state index contributed by atoms with van der Waals surface area (Å²) < 4.78 is 2.07. The van der Waals surface area contributed by atoms with Crippen LogP contribution in [0.5, 0.6) is 0 Å². The van der Waals surface area contributed by atoms with Gasteiger partial charge in [0.05, 0.1) is 11.0 Å². The van der Waals surface area contributed by atoms with Crippen molar-refractivity contribution in [3.63, 3.8) is 0 Å². The second-order valence-electron chi connectivity index (χ2n) is 4.89. The molecular formula is C14H16ClN3O. The fraction of sp³-hybridized carbons (Fsp3) is 0.429. The molecule has 5 heteroatoms. The number of alkyl halides is 1. The molecule has 2 aromatic rings. The molecule has 0 spiro atoms. The van der Waals surface area contributed by atoms with Crippen molar-refractivity contribution in [1.29, 1.82) is 0 Å². The monoisotopic (exact) mass is 277 g/mol. The smallest absolute Gasteiger partial charge is 0.245 e. The number of amides is 1. The zero-order valence-corrected chi connectivity index (χ0v) is 11.6. The highest BCUT2D eigenvalue weighted by Gasteiger charge is 2.32. The van der Waals surface area contributed by atoms with Crippen LogP contribution in [-0.4, -0.2) is 39.8 Å². The molecule has 3 rings (SSSR count). The van der Waals surface area contributed by atoms with Gasteiger partial charge in [0.25, 0.3) is 0 Å². The van der Waals surface area contributed by atoms with Crippen LogP contribution in [0.4, 0.5) is 0 Å². The largest absolute Gasteiger partial charge is 0.344 e. The van der Waals surface area contributed by atoms with Crippen LogP contribution in [0.1, 0.15) is 18.3 Å². The van der Waals surface area contributed by atoms with E-state index in [2.05, 4.69) is 9.55 Å². The Hall–Kier alpha value is -1.55. The lowest BCUT2D eigenvalue weighted by molar-refractivity contribution is -0.129. The zero-order chi connectivity index (χ0) is 13.4. The number of hydrogen-bond acceptors (Lipinski definition) is 2. The molecular weight excluding hydrogens is 262 g/mol. The zero-order valence-electron chi connectivity index (χ0n) is 10.8. The maximum Gasteiger partial charge on any atom is 0.245 e. The van der Waals surface area contributed by atoms with E-state index in [1.54, 1.807) is 4.90 Å². The van der Waals surface area contributed by atoms with Gasteiger partial charge in [0.15, 0.2) is 0 Å². The molecule has 1 aromatic heterocycles. The number of para-hydroxylation sites is 2. The maximum atomic E-state index is 12.2. The average molecular weight is 278 g/mol. The second-order valence-corrected chi connectivity index (χ2v) is 5.27. The molecule has 2 heterocycles. The Morgan fingerprint density at radius 1 is 1.42 bits per heavy atom. The van der Waals surface area contributed by atoms with Gasteiger partial charge >= 0.3 is 0 Å². The van der Waals surface area contributed by atoms with Crippen molar-refractivity contribution in [3.8, 4) is 0 Å². The molecule has 0 saturated carbocycles. The summed E-state index contributed by atoms with van der Waals surface area (Å²) in [7, 11) is 1.85. The lowest BCUT2D eigenvalue weighted by atomic mass is 10.2. The van der Waals surface area contributed by atoms with Crippen molar-refractivity contribution in [2.24, 2.45) is 0 Å². The van der Waals surface area contributed by atoms with E-state index in [-0.39, 0.29) is 11.9 Å². The number of hydrogen-bond donors (Lipinski definition) is 0. The molecule has 1 saturated heterocycles. The predicted molar refractivity (Wildman–Crippen MR) is 75.4 cm³/mol. The number of benzene rings is 1. The molecule has 19 heavy (non-hydrogen) atoms. The van der Waals surface area contributed by atoms with E-state index in [1.165, 1.54) is 0 Å². The summed E-state index contributed by atoms with van der Waals surface area (Å²) in [4.78, 5) is 18.6. The van der Waals surface area contributed by atoms with Crippen molar-refractivity contribution in [2.75, 3.05) is 19.5 Å². The van der Waals surface area contributed by atoms with Crippen LogP contribution in [0.2, 0.25) is 0 Å². The highest BCUT2D eigenvalue weighted by atomic mass is 35.5. The molecule has 1 aromatic carbocycles. The molecule has 1 atom stereocenters. The van der Waals surface area contributed by atoms with Gasteiger partial charge < -0.3 is 9.47 Å². The number of imidazole rings is 1. The highest BCUT2D eigenvalue weighted by Crippen LogP contribution is 2.28. The minimum atomic E-state index is -0.129.